The van der Waals surface area contributed by atoms with E-state index in [-0.39, 0.29) is 22.6 Å². The van der Waals surface area contributed by atoms with Crippen LogP contribution in [0.15, 0.2) is 44.7 Å². The Bertz CT molecular complexity index is 1320. The van der Waals surface area contributed by atoms with Crippen molar-refractivity contribution >= 4 is 44.7 Å². The highest BCUT2D eigenvalue weighted by Crippen LogP contribution is 2.38. The van der Waals surface area contributed by atoms with Gasteiger partial charge < -0.3 is 14.6 Å². The summed E-state index contributed by atoms with van der Waals surface area (Å²) in [4.78, 5) is 39.2. The number of halogens is 1. The number of nitro groups is 1. The van der Waals surface area contributed by atoms with Crippen LogP contribution in [-0.2, 0) is 11.2 Å². The summed E-state index contributed by atoms with van der Waals surface area (Å²) in [7, 11) is 1.27. The van der Waals surface area contributed by atoms with Gasteiger partial charge in [-0.15, -0.1) is 0 Å². The van der Waals surface area contributed by atoms with Crippen LogP contribution in [0, 0.1) is 10.1 Å². The van der Waals surface area contributed by atoms with Crippen LogP contribution in [0.25, 0.3) is 10.9 Å². The highest BCUT2D eigenvalue weighted by Gasteiger charge is 2.23. The molecule has 0 amide bonds. The van der Waals surface area contributed by atoms with Crippen molar-refractivity contribution in [2.24, 2.45) is 5.10 Å². The lowest BCUT2D eigenvalue weighted by Crippen LogP contribution is -2.22. The summed E-state index contributed by atoms with van der Waals surface area (Å²) in [6.07, 6.45) is 2.48. The van der Waals surface area contributed by atoms with Crippen LogP contribution >= 0.6 is 15.9 Å². The fourth-order valence-electron chi connectivity index (χ4n) is 3.07. The van der Waals surface area contributed by atoms with E-state index in [2.05, 4.69) is 26.0 Å². The molecule has 1 N–H and O–H groups in total. The fraction of sp³-hybridized carbons (Fsp3) is 0.238. The summed E-state index contributed by atoms with van der Waals surface area (Å²) in [6.45, 7) is 1.16. The third kappa shape index (κ3) is 5.34. The van der Waals surface area contributed by atoms with Gasteiger partial charge >= 0.3 is 11.7 Å². The number of fused-ring (bicyclic) bond motifs is 1. The van der Waals surface area contributed by atoms with Crippen LogP contribution in [0.5, 0.6) is 11.5 Å². The molecule has 3 rings (SSSR count). The Hall–Kier alpha value is -3.80. The van der Waals surface area contributed by atoms with Crippen molar-refractivity contribution in [1.82, 2.24) is 9.66 Å². The van der Waals surface area contributed by atoms with Gasteiger partial charge in [-0.05, 0) is 30.7 Å². The summed E-state index contributed by atoms with van der Waals surface area (Å²) in [5.41, 5.74) is -0.108. The minimum Gasteiger partial charge on any atom is -0.493 e. The number of hydrogen-bond acceptors (Lipinski definition) is 8. The molecule has 0 saturated heterocycles. The van der Waals surface area contributed by atoms with Crippen LogP contribution in [-0.4, -0.2) is 45.6 Å². The lowest BCUT2D eigenvalue weighted by atomic mass is 10.2. The standard InChI is InChI=1S/C21H19BrN4O7/c1-3-4-18-24-15-6-5-13(22)9-14(15)21(29)25(18)23-10-12-7-16(26(30)31)20(17(8-12)32-2)33-11-19(27)28/h5-10H,3-4,11H2,1-2H3,(H,27,28). The second-order valence-corrected chi connectivity index (χ2v) is 7.73. The number of benzene rings is 2. The van der Waals surface area contributed by atoms with E-state index in [1.807, 2.05) is 6.92 Å². The zero-order chi connectivity index (χ0) is 24.1. The molecule has 0 saturated carbocycles. The van der Waals surface area contributed by atoms with Gasteiger partial charge in [0.25, 0.3) is 5.56 Å². The Balaban J connectivity index is 2.12. The lowest BCUT2D eigenvalue weighted by Gasteiger charge is -2.11. The van der Waals surface area contributed by atoms with Gasteiger partial charge in [0, 0.05) is 22.5 Å². The molecule has 0 aliphatic rings. The molecule has 0 unspecified atom stereocenters. The maximum absolute atomic E-state index is 13.1. The van der Waals surface area contributed by atoms with Gasteiger partial charge in [0.05, 0.1) is 29.2 Å². The molecule has 11 nitrogen and oxygen atoms in total. The van der Waals surface area contributed by atoms with Crippen molar-refractivity contribution in [2.45, 2.75) is 19.8 Å². The number of rotatable bonds is 9. The number of aromatic nitrogens is 2. The topological polar surface area (TPSA) is 146 Å². The normalized spacial score (nSPS) is 11.1. The monoisotopic (exact) mass is 518 g/mol. The number of hydrogen-bond donors (Lipinski definition) is 1. The smallest absolute Gasteiger partial charge is 0.341 e. The number of nitrogens with zero attached hydrogens (tertiary/aromatic N) is 4. The lowest BCUT2D eigenvalue weighted by molar-refractivity contribution is -0.385. The Morgan fingerprint density at radius 2 is 2.12 bits per heavy atom. The molecule has 0 atom stereocenters. The summed E-state index contributed by atoms with van der Waals surface area (Å²) in [5.74, 6) is -1.22. The molecule has 2 aromatic carbocycles. The van der Waals surface area contributed by atoms with Crippen LogP contribution in [0.1, 0.15) is 24.7 Å². The Morgan fingerprint density at radius 1 is 1.36 bits per heavy atom. The predicted molar refractivity (Wildman–Crippen MR) is 123 cm³/mol. The Kier molecular flexibility index (Phi) is 7.38. The maximum atomic E-state index is 13.1. The van der Waals surface area contributed by atoms with Gasteiger partial charge in [-0.25, -0.2) is 9.78 Å². The van der Waals surface area contributed by atoms with Crippen LogP contribution in [0.2, 0.25) is 0 Å². The Labute approximate surface area is 195 Å². The van der Waals surface area contributed by atoms with E-state index in [1.165, 1.54) is 19.4 Å². The summed E-state index contributed by atoms with van der Waals surface area (Å²) < 4.78 is 12.1. The highest BCUT2D eigenvalue weighted by atomic mass is 79.9. The third-order valence-electron chi connectivity index (χ3n) is 4.49. The molecule has 172 valence electrons. The first-order chi connectivity index (χ1) is 15.7. The van der Waals surface area contributed by atoms with Crippen molar-refractivity contribution in [3.63, 3.8) is 0 Å². The molecule has 3 aromatic rings. The number of carboxylic acids is 1. The average Bonchev–Trinajstić information content (AvgIpc) is 2.77. The van der Waals surface area contributed by atoms with E-state index in [0.29, 0.717) is 27.6 Å². The van der Waals surface area contributed by atoms with Gasteiger partial charge in [-0.3, -0.25) is 14.9 Å². The minimum absolute atomic E-state index is 0.0476. The zero-order valence-corrected chi connectivity index (χ0v) is 19.2. The second-order valence-electron chi connectivity index (χ2n) is 6.81. The molecular formula is C21H19BrN4O7. The maximum Gasteiger partial charge on any atom is 0.341 e. The van der Waals surface area contributed by atoms with Gasteiger partial charge in [0.2, 0.25) is 5.75 Å². The van der Waals surface area contributed by atoms with Crippen molar-refractivity contribution in [3.8, 4) is 11.5 Å². The molecule has 0 spiro atoms. The molecule has 0 bridgehead atoms. The highest BCUT2D eigenvalue weighted by molar-refractivity contribution is 9.10. The predicted octanol–water partition coefficient (Wildman–Crippen LogP) is 3.37. The largest absolute Gasteiger partial charge is 0.493 e. The fourth-order valence-corrected chi connectivity index (χ4v) is 3.43. The van der Waals surface area contributed by atoms with Crippen molar-refractivity contribution in [3.05, 3.63) is 66.7 Å². The molecule has 12 heteroatoms. The van der Waals surface area contributed by atoms with E-state index in [4.69, 9.17) is 14.6 Å². The molecule has 33 heavy (non-hydrogen) atoms. The summed E-state index contributed by atoms with van der Waals surface area (Å²) in [6, 6.07) is 7.71. The van der Waals surface area contributed by atoms with Crippen molar-refractivity contribution in [1.29, 1.82) is 0 Å². The van der Waals surface area contributed by atoms with Gasteiger partial charge in [-0.2, -0.15) is 9.78 Å². The zero-order valence-electron chi connectivity index (χ0n) is 17.6. The van der Waals surface area contributed by atoms with Crippen molar-refractivity contribution in [2.75, 3.05) is 13.7 Å². The molecule has 1 heterocycles. The average molecular weight is 519 g/mol. The van der Waals surface area contributed by atoms with Crippen LogP contribution in [0.4, 0.5) is 5.69 Å². The van der Waals surface area contributed by atoms with Crippen molar-refractivity contribution < 1.29 is 24.3 Å². The quantitative estimate of drug-likeness (QED) is 0.257. The second kappa shape index (κ2) is 10.2. The number of aryl methyl sites for hydroxylation is 1. The summed E-state index contributed by atoms with van der Waals surface area (Å²) >= 11 is 3.34. The van der Waals surface area contributed by atoms with E-state index >= 15 is 0 Å². The van der Waals surface area contributed by atoms with E-state index < -0.39 is 23.2 Å². The van der Waals surface area contributed by atoms with Crippen LogP contribution < -0.4 is 15.0 Å². The summed E-state index contributed by atoms with van der Waals surface area (Å²) in [5, 5.41) is 25.0. The van der Waals surface area contributed by atoms with E-state index in [9.17, 15) is 19.7 Å². The first-order valence-electron chi connectivity index (χ1n) is 9.71. The number of methoxy groups -OCH3 is 1. The first-order valence-corrected chi connectivity index (χ1v) is 10.5. The van der Waals surface area contributed by atoms with Gasteiger partial charge in [0.15, 0.2) is 12.4 Å². The molecule has 1 aromatic heterocycles. The number of carboxylic acid groups (broad SMARTS) is 1. The number of nitro benzene ring substituents is 1. The molecule has 0 aliphatic carbocycles. The van der Waals surface area contributed by atoms with Gasteiger partial charge in [-0.1, -0.05) is 22.9 Å². The minimum atomic E-state index is -1.30. The third-order valence-corrected chi connectivity index (χ3v) is 4.98. The molecule has 0 radical (unpaired) electrons. The van der Waals surface area contributed by atoms with Gasteiger partial charge in [0.1, 0.15) is 5.82 Å². The molecule has 0 fully saturated rings. The molecular weight excluding hydrogens is 500 g/mol. The number of aliphatic carboxylic acids is 1. The van der Waals surface area contributed by atoms with Crippen LogP contribution in [0.3, 0.4) is 0 Å². The number of carbonyl (C=O) groups is 1. The first kappa shape index (κ1) is 23.9. The SMILES string of the molecule is CCCc1nc2ccc(Br)cc2c(=O)n1N=Cc1cc(OC)c(OCC(=O)O)c([N+](=O)[O-])c1. The molecule has 0 aliphatic heterocycles. The Morgan fingerprint density at radius 3 is 2.76 bits per heavy atom. The van der Waals surface area contributed by atoms with E-state index in [1.54, 1.807) is 18.2 Å². The number of ether oxygens (including phenoxy) is 2. The van der Waals surface area contributed by atoms with E-state index in [0.717, 1.165) is 17.2 Å².